The predicted octanol–water partition coefficient (Wildman–Crippen LogP) is -1.34. The lowest BCUT2D eigenvalue weighted by Gasteiger charge is -2.23. The summed E-state index contributed by atoms with van der Waals surface area (Å²) in [4.78, 5) is 68.2. The quantitative estimate of drug-likeness (QED) is 0.0492. The molecule has 0 aliphatic heterocycles. The number of nitrogens with two attached hydrogens (primary N) is 4. The van der Waals surface area contributed by atoms with Gasteiger partial charge in [-0.05, 0) is 54.9 Å². The van der Waals surface area contributed by atoms with E-state index in [9.17, 15) is 29.1 Å². The Hall–Kier alpha value is -5.18. The van der Waals surface area contributed by atoms with Crippen LogP contribution in [0, 0.1) is 5.92 Å². The minimum atomic E-state index is -1.08. The van der Waals surface area contributed by atoms with Gasteiger partial charge in [0.25, 0.3) is 0 Å². The third-order valence-electron chi connectivity index (χ3n) is 7.03. The zero-order valence-electron chi connectivity index (χ0n) is 26.8. The van der Waals surface area contributed by atoms with Crippen molar-refractivity contribution in [3.8, 4) is 5.75 Å². The molecule has 0 fully saturated rings. The molecular weight excluding hydrogens is 606 g/mol. The highest BCUT2D eigenvalue weighted by atomic mass is 16.3. The number of benzene rings is 2. The van der Waals surface area contributed by atoms with Crippen molar-refractivity contribution in [2.24, 2.45) is 33.8 Å². The van der Waals surface area contributed by atoms with Gasteiger partial charge in [0.05, 0.1) is 12.6 Å². The van der Waals surface area contributed by atoms with E-state index < -0.39 is 60.2 Å². The normalized spacial score (nSPS) is 13.4. The molecule has 0 aliphatic carbocycles. The van der Waals surface area contributed by atoms with Gasteiger partial charge in [-0.1, -0.05) is 56.3 Å². The van der Waals surface area contributed by atoms with Crippen LogP contribution >= 0.6 is 0 Å². The molecule has 4 atom stereocenters. The number of carbonyl (C=O) groups excluding carboxylic acids is 5. The molecule has 0 bridgehead atoms. The number of phenols is 1. The molecule has 13 N–H and O–H groups in total. The van der Waals surface area contributed by atoms with Crippen LogP contribution in [0.15, 0.2) is 59.6 Å². The summed E-state index contributed by atoms with van der Waals surface area (Å²) in [5.41, 5.74) is 23.8. The summed E-state index contributed by atoms with van der Waals surface area (Å²) >= 11 is 0. The van der Waals surface area contributed by atoms with E-state index in [-0.39, 0.29) is 43.4 Å². The molecule has 15 nitrogen and oxygen atoms in total. The lowest BCUT2D eigenvalue weighted by molar-refractivity contribution is -0.132. The highest BCUT2D eigenvalue weighted by Gasteiger charge is 2.28. The Labute approximate surface area is 274 Å². The average molecular weight is 654 g/mol. The number of guanidine groups is 1. The maximum absolute atomic E-state index is 13.2. The Kier molecular flexibility index (Phi) is 15.7. The van der Waals surface area contributed by atoms with Gasteiger partial charge in [0, 0.05) is 13.0 Å². The Morgan fingerprint density at radius 2 is 1.38 bits per heavy atom. The molecule has 0 unspecified atom stereocenters. The summed E-state index contributed by atoms with van der Waals surface area (Å²) < 4.78 is 0. The topological polar surface area (TPSA) is 270 Å². The van der Waals surface area contributed by atoms with E-state index in [2.05, 4.69) is 26.3 Å². The fourth-order valence-electron chi connectivity index (χ4n) is 4.61. The lowest BCUT2D eigenvalue weighted by atomic mass is 10.0. The Morgan fingerprint density at radius 3 is 1.98 bits per heavy atom. The summed E-state index contributed by atoms with van der Waals surface area (Å²) in [6, 6.07) is 11.1. The van der Waals surface area contributed by atoms with Crippen LogP contribution in [0.25, 0.3) is 0 Å². The molecular formula is C32H47N9O6. The standard InChI is InChI=1S/C32H47N9O6/c1-19(2)15-25(28(34)44)41-31(47)26(17-20-7-4-3-5-8-20)39-27(43)18-38-30(46)24(9-6-14-37-32(35)36)40-29(45)23(33)16-21-10-12-22(42)13-11-21/h3-5,7-8,10-13,19,23-26,42H,6,9,14-18,33H2,1-2H3,(H2,34,44)(H,38,46)(H,39,43)(H,40,45)(H,41,47)(H4,35,36,37)/t23-,24-,25-,26-/m0/s1. The number of aromatic hydroxyl groups is 1. The first kappa shape index (κ1) is 38.0. The average Bonchev–Trinajstić information content (AvgIpc) is 3.01. The zero-order chi connectivity index (χ0) is 34.9. The van der Waals surface area contributed by atoms with Crippen LogP contribution in [0.2, 0.25) is 0 Å². The van der Waals surface area contributed by atoms with Gasteiger partial charge in [0.1, 0.15) is 23.9 Å². The van der Waals surface area contributed by atoms with Gasteiger partial charge in [0.15, 0.2) is 5.96 Å². The smallest absolute Gasteiger partial charge is 0.243 e. The van der Waals surface area contributed by atoms with Crippen molar-refractivity contribution >= 4 is 35.5 Å². The summed E-state index contributed by atoms with van der Waals surface area (Å²) in [6.45, 7) is 3.45. The Bertz CT molecular complexity index is 1360. The van der Waals surface area contributed by atoms with Crippen LogP contribution in [-0.2, 0) is 36.8 Å². The van der Waals surface area contributed by atoms with E-state index in [1.54, 1.807) is 36.4 Å². The summed E-state index contributed by atoms with van der Waals surface area (Å²) in [5.74, 6) is -3.22. The van der Waals surface area contributed by atoms with Crippen LogP contribution < -0.4 is 44.2 Å². The molecule has 0 aromatic heterocycles. The predicted molar refractivity (Wildman–Crippen MR) is 177 cm³/mol. The maximum Gasteiger partial charge on any atom is 0.243 e. The number of phenolic OH excluding ortho intramolecular Hbond substituents is 1. The fraction of sp³-hybridized carbons (Fsp3) is 0.438. The van der Waals surface area contributed by atoms with Crippen molar-refractivity contribution in [2.75, 3.05) is 13.1 Å². The molecule has 256 valence electrons. The molecule has 0 heterocycles. The van der Waals surface area contributed by atoms with Gasteiger partial charge in [-0.25, -0.2) is 0 Å². The van der Waals surface area contributed by atoms with E-state index in [1.165, 1.54) is 12.1 Å². The van der Waals surface area contributed by atoms with Crippen LogP contribution in [0.3, 0.4) is 0 Å². The molecule has 0 spiro atoms. The molecule has 2 aromatic carbocycles. The summed E-state index contributed by atoms with van der Waals surface area (Å²) in [5, 5.41) is 19.9. The van der Waals surface area contributed by atoms with Crippen molar-refractivity contribution < 1.29 is 29.1 Å². The second kappa shape index (κ2) is 19.4. The summed E-state index contributed by atoms with van der Waals surface area (Å²) in [6.07, 6.45) is 1.03. The van der Waals surface area contributed by atoms with Crippen molar-refractivity contribution in [1.29, 1.82) is 0 Å². The lowest BCUT2D eigenvalue weighted by Crippen LogP contribution is -2.56. The maximum atomic E-state index is 13.2. The molecule has 15 heteroatoms. The number of hydrogen-bond acceptors (Lipinski definition) is 8. The number of hydrogen-bond donors (Lipinski definition) is 9. The SMILES string of the molecule is CC(C)C[C@H](NC(=O)[C@H](Cc1ccccc1)NC(=O)CNC(=O)[C@H](CCCN=C(N)N)NC(=O)[C@@H](N)Cc1ccc(O)cc1)C(N)=O. The number of primary amides is 1. The number of rotatable bonds is 19. The minimum absolute atomic E-state index is 0.0699. The van der Waals surface area contributed by atoms with E-state index in [1.807, 2.05) is 19.9 Å². The molecule has 47 heavy (non-hydrogen) atoms. The molecule has 2 aromatic rings. The van der Waals surface area contributed by atoms with Crippen LogP contribution in [0.4, 0.5) is 0 Å². The van der Waals surface area contributed by atoms with Crippen LogP contribution in [-0.4, -0.2) is 77.9 Å². The van der Waals surface area contributed by atoms with Gasteiger partial charge in [-0.15, -0.1) is 0 Å². The molecule has 2 rings (SSSR count). The molecule has 0 radical (unpaired) electrons. The van der Waals surface area contributed by atoms with Crippen molar-refractivity contribution in [2.45, 2.75) is 70.1 Å². The first-order chi connectivity index (χ1) is 22.2. The molecule has 5 amide bonds. The van der Waals surface area contributed by atoms with E-state index >= 15 is 0 Å². The van der Waals surface area contributed by atoms with Crippen molar-refractivity contribution in [1.82, 2.24) is 21.3 Å². The Balaban J connectivity index is 2.09. The van der Waals surface area contributed by atoms with Gasteiger partial charge in [-0.2, -0.15) is 0 Å². The van der Waals surface area contributed by atoms with Gasteiger partial charge >= 0.3 is 0 Å². The first-order valence-electron chi connectivity index (χ1n) is 15.3. The van der Waals surface area contributed by atoms with E-state index in [0.717, 1.165) is 5.56 Å². The molecule has 0 saturated heterocycles. The van der Waals surface area contributed by atoms with Gasteiger partial charge in [0.2, 0.25) is 29.5 Å². The third kappa shape index (κ3) is 14.6. The van der Waals surface area contributed by atoms with Gasteiger partial charge < -0.3 is 49.3 Å². The largest absolute Gasteiger partial charge is 0.508 e. The number of amides is 5. The van der Waals surface area contributed by atoms with E-state index in [4.69, 9.17) is 22.9 Å². The zero-order valence-corrected chi connectivity index (χ0v) is 26.8. The molecule has 0 aliphatic rings. The Morgan fingerprint density at radius 1 is 0.766 bits per heavy atom. The second-order valence-electron chi connectivity index (χ2n) is 11.6. The molecule has 0 saturated carbocycles. The fourth-order valence-corrected chi connectivity index (χ4v) is 4.61. The monoisotopic (exact) mass is 653 g/mol. The van der Waals surface area contributed by atoms with Gasteiger partial charge in [-0.3, -0.25) is 29.0 Å². The van der Waals surface area contributed by atoms with Crippen LogP contribution in [0.1, 0.15) is 44.2 Å². The second-order valence-corrected chi connectivity index (χ2v) is 11.6. The summed E-state index contributed by atoms with van der Waals surface area (Å²) in [7, 11) is 0. The number of nitrogens with zero attached hydrogens (tertiary/aromatic N) is 1. The van der Waals surface area contributed by atoms with Crippen molar-refractivity contribution in [3.63, 3.8) is 0 Å². The minimum Gasteiger partial charge on any atom is -0.508 e. The number of nitrogens with one attached hydrogen (secondary N) is 4. The number of carbonyl (C=O) groups is 5. The highest BCUT2D eigenvalue weighted by molar-refractivity contribution is 5.94. The van der Waals surface area contributed by atoms with Crippen molar-refractivity contribution in [3.05, 3.63) is 65.7 Å². The van der Waals surface area contributed by atoms with E-state index in [0.29, 0.717) is 18.4 Å². The third-order valence-corrected chi connectivity index (χ3v) is 7.03. The first-order valence-corrected chi connectivity index (χ1v) is 15.3. The van der Waals surface area contributed by atoms with Crippen LogP contribution in [0.5, 0.6) is 5.75 Å². The highest BCUT2D eigenvalue weighted by Crippen LogP contribution is 2.11. The number of aliphatic imine (C=N–C) groups is 1.